The summed E-state index contributed by atoms with van der Waals surface area (Å²) in [7, 11) is 0. The molecule has 0 radical (unpaired) electrons. The zero-order valence-corrected chi connectivity index (χ0v) is 11.1. The molecule has 0 saturated carbocycles. The normalized spacial score (nSPS) is 13.1. The Morgan fingerprint density at radius 1 is 1.47 bits per heavy atom. The molecular weight excluding hydrogens is 256 g/mol. The van der Waals surface area contributed by atoms with Gasteiger partial charge in [-0.05, 0) is 30.0 Å². The maximum absolute atomic E-state index is 5.94. The van der Waals surface area contributed by atoms with Gasteiger partial charge < -0.3 is 4.42 Å². The summed E-state index contributed by atoms with van der Waals surface area (Å²) in [5.74, 6) is 8.35. The molecule has 0 aliphatic carbocycles. The van der Waals surface area contributed by atoms with Gasteiger partial charge in [-0.2, -0.15) is 11.8 Å². The third kappa shape index (κ3) is 2.96. The van der Waals surface area contributed by atoms with Crippen LogP contribution in [0.2, 0.25) is 5.02 Å². The Morgan fingerprint density at radius 2 is 2.29 bits per heavy atom. The first kappa shape index (κ1) is 12.8. The minimum atomic E-state index is 0.0334. The summed E-state index contributed by atoms with van der Waals surface area (Å²) in [6, 6.07) is 7.61. The Kier molecular flexibility index (Phi) is 4.34. The molecule has 5 heteroatoms. The van der Waals surface area contributed by atoms with Crippen LogP contribution < -0.4 is 11.3 Å². The van der Waals surface area contributed by atoms with Crippen LogP contribution in [0.3, 0.4) is 0 Å². The molecule has 2 rings (SSSR count). The average Bonchev–Trinajstić information content (AvgIpc) is 2.72. The summed E-state index contributed by atoms with van der Waals surface area (Å²) in [4.78, 5) is 0. The molecule has 0 saturated heterocycles. The zero-order chi connectivity index (χ0) is 12.3. The van der Waals surface area contributed by atoms with Crippen molar-refractivity contribution in [2.24, 2.45) is 5.84 Å². The van der Waals surface area contributed by atoms with Gasteiger partial charge in [-0.15, -0.1) is 0 Å². The molecule has 1 aromatic carbocycles. The van der Waals surface area contributed by atoms with Crippen molar-refractivity contribution >= 4 is 34.3 Å². The highest BCUT2D eigenvalue weighted by atomic mass is 35.5. The lowest BCUT2D eigenvalue weighted by Crippen LogP contribution is -2.29. The van der Waals surface area contributed by atoms with Crippen LogP contribution in [-0.2, 0) is 0 Å². The molecule has 92 valence electrons. The Balaban J connectivity index is 2.27. The van der Waals surface area contributed by atoms with Gasteiger partial charge in [0.05, 0.1) is 6.04 Å². The van der Waals surface area contributed by atoms with Crippen molar-refractivity contribution in [1.29, 1.82) is 0 Å². The highest BCUT2D eigenvalue weighted by Gasteiger charge is 2.14. The van der Waals surface area contributed by atoms with Gasteiger partial charge >= 0.3 is 0 Å². The second-order valence-electron chi connectivity index (χ2n) is 3.71. The second-order valence-corrected chi connectivity index (χ2v) is 5.47. The summed E-state index contributed by atoms with van der Waals surface area (Å²) >= 11 is 7.76. The van der Waals surface area contributed by atoms with Gasteiger partial charge in [0.2, 0.25) is 0 Å². The number of furan rings is 1. The summed E-state index contributed by atoms with van der Waals surface area (Å²) in [6.45, 7) is 2.12. The summed E-state index contributed by atoms with van der Waals surface area (Å²) in [5.41, 5.74) is 3.62. The molecule has 0 spiro atoms. The van der Waals surface area contributed by atoms with E-state index in [9.17, 15) is 0 Å². The number of fused-ring (bicyclic) bond motifs is 1. The number of hydrogen-bond acceptors (Lipinski definition) is 4. The van der Waals surface area contributed by atoms with Gasteiger partial charge in [-0.3, -0.25) is 5.84 Å². The van der Waals surface area contributed by atoms with E-state index >= 15 is 0 Å². The molecule has 2 aromatic rings. The van der Waals surface area contributed by atoms with E-state index in [2.05, 4.69) is 12.3 Å². The first-order valence-corrected chi connectivity index (χ1v) is 7.00. The van der Waals surface area contributed by atoms with Crippen molar-refractivity contribution in [3.63, 3.8) is 0 Å². The molecule has 1 unspecified atom stereocenters. The predicted octanol–water partition coefficient (Wildman–Crippen LogP) is 3.34. The van der Waals surface area contributed by atoms with E-state index in [1.807, 2.05) is 36.0 Å². The molecule has 17 heavy (non-hydrogen) atoms. The van der Waals surface area contributed by atoms with E-state index in [4.69, 9.17) is 21.9 Å². The van der Waals surface area contributed by atoms with Crippen LogP contribution in [0.4, 0.5) is 0 Å². The Hall–Kier alpha value is -0.680. The Morgan fingerprint density at radius 3 is 3.00 bits per heavy atom. The molecule has 0 fully saturated rings. The smallest absolute Gasteiger partial charge is 0.134 e. The van der Waals surface area contributed by atoms with Gasteiger partial charge in [0.1, 0.15) is 11.3 Å². The third-order valence-corrected chi connectivity index (χ3v) is 3.74. The molecule has 3 N–H and O–H groups in total. The fourth-order valence-corrected chi connectivity index (χ4v) is 2.57. The molecule has 1 heterocycles. The zero-order valence-electron chi connectivity index (χ0n) is 9.57. The van der Waals surface area contributed by atoms with Gasteiger partial charge in [-0.1, -0.05) is 18.5 Å². The Labute approximate surface area is 110 Å². The summed E-state index contributed by atoms with van der Waals surface area (Å²) in [6.07, 6.45) is 0. The van der Waals surface area contributed by atoms with Crippen molar-refractivity contribution in [2.75, 3.05) is 11.5 Å². The molecule has 0 aliphatic rings. The monoisotopic (exact) mass is 270 g/mol. The number of nitrogens with two attached hydrogens (primary N) is 1. The van der Waals surface area contributed by atoms with Gasteiger partial charge in [0.25, 0.3) is 0 Å². The van der Waals surface area contributed by atoms with E-state index in [1.165, 1.54) is 0 Å². The van der Waals surface area contributed by atoms with Crippen LogP contribution in [0.1, 0.15) is 18.7 Å². The molecule has 0 amide bonds. The average molecular weight is 271 g/mol. The topological polar surface area (TPSA) is 51.2 Å². The molecule has 1 aromatic heterocycles. The van der Waals surface area contributed by atoms with E-state index in [0.717, 1.165) is 28.2 Å². The molecular formula is C12H15ClN2OS. The first-order chi connectivity index (χ1) is 8.24. The predicted molar refractivity (Wildman–Crippen MR) is 74.3 cm³/mol. The largest absolute Gasteiger partial charge is 0.459 e. The number of nitrogens with one attached hydrogen (secondary N) is 1. The van der Waals surface area contributed by atoms with Crippen LogP contribution in [0, 0.1) is 0 Å². The van der Waals surface area contributed by atoms with Crippen molar-refractivity contribution in [3.8, 4) is 0 Å². The van der Waals surface area contributed by atoms with Gasteiger partial charge in [0, 0.05) is 16.2 Å². The first-order valence-electron chi connectivity index (χ1n) is 5.47. The van der Waals surface area contributed by atoms with Crippen LogP contribution >= 0.6 is 23.4 Å². The molecule has 1 atom stereocenters. The SMILES string of the molecule is CCSCC(NN)c1cc2cc(Cl)ccc2o1. The highest BCUT2D eigenvalue weighted by molar-refractivity contribution is 7.99. The van der Waals surface area contributed by atoms with E-state index in [-0.39, 0.29) is 6.04 Å². The number of hydrogen-bond donors (Lipinski definition) is 2. The summed E-state index contributed by atoms with van der Waals surface area (Å²) < 4.78 is 5.76. The van der Waals surface area contributed by atoms with Crippen LogP contribution in [0.5, 0.6) is 0 Å². The van der Waals surface area contributed by atoms with Gasteiger partial charge in [0.15, 0.2) is 0 Å². The van der Waals surface area contributed by atoms with E-state index in [0.29, 0.717) is 5.02 Å². The van der Waals surface area contributed by atoms with Crippen molar-refractivity contribution in [2.45, 2.75) is 13.0 Å². The van der Waals surface area contributed by atoms with Crippen molar-refractivity contribution in [1.82, 2.24) is 5.43 Å². The lowest BCUT2D eigenvalue weighted by molar-refractivity contribution is 0.464. The number of benzene rings is 1. The number of rotatable bonds is 5. The fraction of sp³-hybridized carbons (Fsp3) is 0.333. The Bertz CT molecular complexity index is 500. The number of thioether (sulfide) groups is 1. The van der Waals surface area contributed by atoms with Crippen molar-refractivity contribution < 1.29 is 4.42 Å². The van der Waals surface area contributed by atoms with E-state index < -0.39 is 0 Å². The maximum atomic E-state index is 5.94. The molecule has 0 bridgehead atoms. The summed E-state index contributed by atoms with van der Waals surface area (Å²) in [5, 5.41) is 1.72. The molecule has 0 aliphatic heterocycles. The van der Waals surface area contributed by atoms with E-state index in [1.54, 1.807) is 0 Å². The standard InChI is InChI=1S/C12H15ClN2OS/c1-2-17-7-10(15-14)12-6-8-5-9(13)3-4-11(8)16-12/h3-6,10,15H,2,7,14H2,1H3. The van der Waals surface area contributed by atoms with Crippen molar-refractivity contribution in [3.05, 3.63) is 35.0 Å². The quantitative estimate of drug-likeness (QED) is 0.646. The third-order valence-electron chi connectivity index (χ3n) is 2.53. The number of halogens is 1. The second kappa shape index (κ2) is 5.78. The van der Waals surface area contributed by atoms with Crippen LogP contribution in [-0.4, -0.2) is 11.5 Å². The lowest BCUT2D eigenvalue weighted by atomic mass is 10.2. The van der Waals surface area contributed by atoms with Crippen LogP contribution in [0.15, 0.2) is 28.7 Å². The number of hydrazine groups is 1. The maximum Gasteiger partial charge on any atom is 0.134 e. The minimum absolute atomic E-state index is 0.0334. The minimum Gasteiger partial charge on any atom is -0.459 e. The molecule has 3 nitrogen and oxygen atoms in total. The van der Waals surface area contributed by atoms with Crippen LogP contribution in [0.25, 0.3) is 11.0 Å². The highest BCUT2D eigenvalue weighted by Crippen LogP contribution is 2.27. The fourth-order valence-electron chi connectivity index (χ4n) is 1.65. The van der Waals surface area contributed by atoms with Gasteiger partial charge in [-0.25, -0.2) is 5.43 Å². The lowest BCUT2D eigenvalue weighted by Gasteiger charge is -2.11.